The van der Waals surface area contributed by atoms with Gasteiger partial charge in [-0.25, -0.2) is 8.78 Å². The van der Waals surface area contributed by atoms with Gasteiger partial charge >= 0.3 is 0 Å². The van der Waals surface area contributed by atoms with Gasteiger partial charge in [0.15, 0.2) is 11.6 Å². The van der Waals surface area contributed by atoms with Crippen molar-refractivity contribution in [1.29, 1.82) is 0 Å². The minimum absolute atomic E-state index is 0.0635. The summed E-state index contributed by atoms with van der Waals surface area (Å²) in [6, 6.07) is 4.00. The molecule has 0 amide bonds. The molecule has 1 heterocycles. The molecule has 5 heteroatoms. The number of hydrogen-bond donors (Lipinski definition) is 2. The summed E-state index contributed by atoms with van der Waals surface area (Å²) in [5.74, 6) is -1.60. The quantitative estimate of drug-likeness (QED) is 0.749. The topological polar surface area (TPSA) is 47.3 Å². The molecule has 0 spiro atoms. The molecule has 0 bridgehead atoms. The standard InChI is InChI=1S/C13H18F2N2O/c14-11-2-1-10(5-12(11)15)3-4-17-7-13(6-16)8-18-9-13/h1-2,5,17H,3-4,6-9,16H2. The molecule has 1 aliphatic heterocycles. The summed E-state index contributed by atoms with van der Waals surface area (Å²) in [7, 11) is 0. The second-order valence-electron chi connectivity index (χ2n) is 4.87. The van der Waals surface area contributed by atoms with Gasteiger partial charge in [0.25, 0.3) is 0 Å². The van der Waals surface area contributed by atoms with Gasteiger partial charge in [-0.05, 0) is 30.7 Å². The molecule has 100 valence electrons. The Balaban J connectivity index is 1.73. The van der Waals surface area contributed by atoms with E-state index in [1.807, 2.05) is 0 Å². The first-order chi connectivity index (χ1) is 8.65. The number of benzene rings is 1. The normalized spacial score (nSPS) is 17.5. The van der Waals surface area contributed by atoms with Crippen molar-refractivity contribution < 1.29 is 13.5 Å². The van der Waals surface area contributed by atoms with Crippen LogP contribution in [0.5, 0.6) is 0 Å². The zero-order valence-electron chi connectivity index (χ0n) is 10.2. The number of nitrogens with two attached hydrogens (primary N) is 1. The minimum Gasteiger partial charge on any atom is -0.380 e. The van der Waals surface area contributed by atoms with Crippen LogP contribution in [0, 0.1) is 17.0 Å². The summed E-state index contributed by atoms with van der Waals surface area (Å²) in [5, 5.41) is 3.29. The lowest BCUT2D eigenvalue weighted by molar-refractivity contribution is -0.104. The summed E-state index contributed by atoms with van der Waals surface area (Å²) in [6.07, 6.45) is 0.665. The van der Waals surface area contributed by atoms with Crippen molar-refractivity contribution in [3.63, 3.8) is 0 Å². The molecule has 3 N–H and O–H groups in total. The summed E-state index contributed by atoms with van der Waals surface area (Å²) in [5.41, 5.74) is 6.54. The van der Waals surface area contributed by atoms with Gasteiger partial charge in [-0.3, -0.25) is 0 Å². The Kier molecular flexibility index (Phi) is 4.27. The Morgan fingerprint density at radius 2 is 2.06 bits per heavy atom. The Hall–Kier alpha value is -1.04. The molecule has 0 aromatic heterocycles. The number of hydrogen-bond acceptors (Lipinski definition) is 3. The summed E-state index contributed by atoms with van der Waals surface area (Å²) >= 11 is 0. The first-order valence-electron chi connectivity index (χ1n) is 6.08. The molecular weight excluding hydrogens is 238 g/mol. The molecule has 18 heavy (non-hydrogen) atoms. The lowest BCUT2D eigenvalue weighted by Gasteiger charge is -2.40. The average molecular weight is 256 g/mol. The largest absolute Gasteiger partial charge is 0.380 e. The van der Waals surface area contributed by atoms with Crippen LogP contribution in [0.25, 0.3) is 0 Å². The van der Waals surface area contributed by atoms with E-state index in [2.05, 4.69) is 5.32 Å². The molecule has 0 atom stereocenters. The van der Waals surface area contributed by atoms with Crippen molar-refractivity contribution in [3.05, 3.63) is 35.4 Å². The lowest BCUT2D eigenvalue weighted by Crippen LogP contribution is -2.54. The van der Waals surface area contributed by atoms with Gasteiger partial charge in [-0.15, -0.1) is 0 Å². The summed E-state index contributed by atoms with van der Waals surface area (Å²) < 4.78 is 30.9. The van der Waals surface area contributed by atoms with E-state index >= 15 is 0 Å². The first-order valence-corrected chi connectivity index (χ1v) is 6.08. The number of halogens is 2. The first kappa shape index (κ1) is 13.4. The molecule has 0 unspecified atom stereocenters. The fourth-order valence-corrected chi connectivity index (χ4v) is 1.96. The van der Waals surface area contributed by atoms with Crippen LogP contribution in [0.3, 0.4) is 0 Å². The van der Waals surface area contributed by atoms with Crippen LogP contribution in [0.1, 0.15) is 5.56 Å². The molecule has 2 rings (SSSR count). The minimum atomic E-state index is -0.805. The van der Waals surface area contributed by atoms with Gasteiger partial charge in [0.2, 0.25) is 0 Å². The molecule has 1 fully saturated rings. The van der Waals surface area contributed by atoms with Gasteiger partial charge in [-0.2, -0.15) is 0 Å². The Morgan fingerprint density at radius 3 is 2.61 bits per heavy atom. The number of rotatable bonds is 6. The molecule has 1 aromatic carbocycles. The van der Waals surface area contributed by atoms with Gasteiger partial charge in [0.1, 0.15) is 0 Å². The van der Waals surface area contributed by atoms with Gasteiger partial charge < -0.3 is 15.8 Å². The molecule has 0 saturated carbocycles. The molecule has 1 aliphatic rings. The highest BCUT2D eigenvalue weighted by atomic mass is 19.2. The maximum Gasteiger partial charge on any atom is 0.159 e. The highest BCUT2D eigenvalue weighted by Gasteiger charge is 2.36. The maximum atomic E-state index is 13.0. The van der Waals surface area contributed by atoms with E-state index in [1.165, 1.54) is 6.07 Å². The fourth-order valence-electron chi connectivity index (χ4n) is 1.96. The van der Waals surface area contributed by atoms with Crippen molar-refractivity contribution in [2.45, 2.75) is 6.42 Å². The molecule has 0 aliphatic carbocycles. The highest BCUT2D eigenvalue weighted by Crippen LogP contribution is 2.24. The second-order valence-corrected chi connectivity index (χ2v) is 4.87. The third kappa shape index (κ3) is 3.04. The molecule has 0 radical (unpaired) electrons. The van der Waals surface area contributed by atoms with E-state index in [4.69, 9.17) is 10.5 Å². The van der Waals surface area contributed by atoms with Gasteiger partial charge in [-0.1, -0.05) is 6.07 Å². The van der Waals surface area contributed by atoms with Crippen LogP contribution in [-0.2, 0) is 11.2 Å². The predicted molar refractivity (Wildman–Crippen MR) is 65.2 cm³/mol. The summed E-state index contributed by atoms with van der Waals surface area (Å²) in [6.45, 7) is 3.51. The third-order valence-electron chi connectivity index (χ3n) is 3.32. The third-order valence-corrected chi connectivity index (χ3v) is 3.32. The van der Waals surface area contributed by atoms with Crippen molar-refractivity contribution in [3.8, 4) is 0 Å². The van der Waals surface area contributed by atoms with Crippen LogP contribution in [-0.4, -0.2) is 32.8 Å². The van der Waals surface area contributed by atoms with E-state index in [1.54, 1.807) is 6.07 Å². The Morgan fingerprint density at radius 1 is 1.28 bits per heavy atom. The fraction of sp³-hybridized carbons (Fsp3) is 0.538. The lowest BCUT2D eigenvalue weighted by atomic mass is 9.86. The van der Waals surface area contributed by atoms with E-state index in [0.29, 0.717) is 32.7 Å². The Labute approximate surface area is 105 Å². The molecule has 3 nitrogen and oxygen atoms in total. The van der Waals surface area contributed by atoms with E-state index in [-0.39, 0.29) is 5.41 Å². The van der Waals surface area contributed by atoms with Crippen molar-refractivity contribution >= 4 is 0 Å². The van der Waals surface area contributed by atoms with E-state index < -0.39 is 11.6 Å². The SMILES string of the molecule is NCC1(CNCCc2ccc(F)c(F)c2)COC1. The van der Waals surface area contributed by atoms with Crippen LogP contribution in [0.15, 0.2) is 18.2 Å². The average Bonchev–Trinajstić information content (AvgIpc) is 2.32. The van der Waals surface area contributed by atoms with Crippen LogP contribution >= 0.6 is 0 Å². The van der Waals surface area contributed by atoms with Crippen LogP contribution in [0.2, 0.25) is 0 Å². The maximum absolute atomic E-state index is 13.0. The predicted octanol–water partition coefficient (Wildman–Crippen LogP) is 1.07. The monoisotopic (exact) mass is 256 g/mol. The summed E-state index contributed by atoms with van der Waals surface area (Å²) in [4.78, 5) is 0. The van der Waals surface area contributed by atoms with E-state index in [9.17, 15) is 8.78 Å². The van der Waals surface area contributed by atoms with Gasteiger partial charge in [0, 0.05) is 18.5 Å². The van der Waals surface area contributed by atoms with Crippen LogP contribution in [0.4, 0.5) is 8.78 Å². The zero-order valence-corrected chi connectivity index (χ0v) is 10.2. The molecule has 1 saturated heterocycles. The highest BCUT2D eigenvalue weighted by molar-refractivity contribution is 5.18. The number of ether oxygens (including phenoxy) is 1. The second kappa shape index (κ2) is 5.73. The molecule has 1 aromatic rings. The number of nitrogens with one attached hydrogen (secondary N) is 1. The van der Waals surface area contributed by atoms with Crippen molar-refractivity contribution in [2.24, 2.45) is 11.1 Å². The van der Waals surface area contributed by atoms with Gasteiger partial charge in [0.05, 0.1) is 13.2 Å². The van der Waals surface area contributed by atoms with Crippen molar-refractivity contribution in [2.75, 3.05) is 32.8 Å². The van der Waals surface area contributed by atoms with Crippen molar-refractivity contribution in [1.82, 2.24) is 5.32 Å². The zero-order chi connectivity index (χ0) is 13.0. The van der Waals surface area contributed by atoms with E-state index in [0.717, 1.165) is 18.2 Å². The smallest absolute Gasteiger partial charge is 0.159 e. The molecular formula is C13H18F2N2O. The van der Waals surface area contributed by atoms with Crippen LogP contribution < -0.4 is 11.1 Å². The Bertz CT molecular complexity index is 402.